The summed E-state index contributed by atoms with van der Waals surface area (Å²) in [6.07, 6.45) is 2.35. The second-order valence-corrected chi connectivity index (χ2v) is 7.73. The molecule has 0 radical (unpaired) electrons. The molecule has 0 saturated carbocycles. The first-order chi connectivity index (χ1) is 13.1. The predicted octanol–water partition coefficient (Wildman–Crippen LogP) is 2.77. The van der Waals surface area contributed by atoms with Crippen molar-refractivity contribution in [2.24, 2.45) is 4.99 Å². The molecule has 2 N–H and O–H groups in total. The molecule has 156 valence electrons. The highest BCUT2D eigenvalue weighted by Crippen LogP contribution is 2.21. The van der Waals surface area contributed by atoms with Crippen LogP contribution in [0.15, 0.2) is 27.7 Å². The van der Waals surface area contributed by atoms with Crippen LogP contribution in [-0.4, -0.2) is 68.9 Å². The molecule has 0 bridgehead atoms. The third-order valence-electron chi connectivity index (χ3n) is 4.87. The van der Waals surface area contributed by atoms with Crippen LogP contribution in [0, 0.1) is 6.92 Å². The average molecular weight is 567 g/mol. The van der Waals surface area contributed by atoms with Crippen LogP contribution in [-0.2, 0) is 14.3 Å². The summed E-state index contributed by atoms with van der Waals surface area (Å²) in [7, 11) is 1.73. The molecule has 0 aliphatic carbocycles. The molecule has 1 aromatic carbocycles. The molecule has 2 heterocycles. The molecule has 0 aromatic heterocycles. The van der Waals surface area contributed by atoms with Crippen LogP contribution in [0.4, 0.5) is 5.69 Å². The van der Waals surface area contributed by atoms with E-state index in [1.165, 1.54) is 0 Å². The Kier molecular flexibility index (Phi) is 9.45. The van der Waals surface area contributed by atoms with Crippen LogP contribution in [0.5, 0.6) is 0 Å². The summed E-state index contributed by atoms with van der Waals surface area (Å²) >= 11 is 3.43. The summed E-state index contributed by atoms with van der Waals surface area (Å²) in [6, 6.07) is 5.81. The van der Waals surface area contributed by atoms with E-state index in [1.807, 2.05) is 25.1 Å². The molecule has 1 amide bonds. The fourth-order valence-corrected chi connectivity index (χ4v) is 3.76. The Labute approximate surface area is 191 Å². The van der Waals surface area contributed by atoms with E-state index in [1.54, 1.807) is 7.05 Å². The van der Waals surface area contributed by atoms with Gasteiger partial charge in [-0.25, -0.2) is 0 Å². The van der Waals surface area contributed by atoms with Gasteiger partial charge in [-0.2, -0.15) is 0 Å². The Balaban J connectivity index is 0.00000280. The molecule has 0 spiro atoms. The molecular formula is C19H28BrIN4O3. The Morgan fingerprint density at radius 3 is 2.82 bits per heavy atom. The number of guanidine groups is 1. The van der Waals surface area contributed by atoms with Crippen molar-refractivity contribution in [3.05, 3.63) is 28.2 Å². The summed E-state index contributed by atoms with van der Waals surface area (Å²) < 4.78 is 12.6. The lowest BCUT2D eigenvalue weighted by Crippen LogP contribution is -2.54. The summed E-state index contributed by atoms with van der Waals surface area (Å²) in [5.41, 5.74) is 1.82. The van der Waals surface area contributed by atoms with Gasteiger partial charge in [-0.3, -0.25) is 9.79 Å². The zero-order chi connectivity index (χ0) is 19.2. The fraction of sp³-hybridized carbons (Fsp3) is 0.579. The van der Waals surface area contributed by atoms with E-state index in [-0.39, 0.29) is 48.6 Å². The van der Waals surface area contributed by atoms with Crippen LogP contribution < -0.4 is 10.6 Å². The molecule has 1 aromatic rings. The molecule has 2 aliphatic rings. The molecular weight excluding hydrogens is 539 g/mol. The van der Waals surface area contributed by atoms with Crippen molar-refractivity contribution >= 4 is 57.5 Å². The third-order valence-corrected chi connectivity index (χ3v) is 5.36. The smallest absolute Gasteiger partial charge is 0.243 e. The number of rotatable bonds is 4. The minimum absolute atomic E-state index is 0. The van der Waals surface area contributed by atoms with E-state index in [9.17, 15) is 4.79 Å². The molecule has 9 heteroatoms. The highest BCUT2D eigenvalue weighted by Gasteiger charge is 2.32. The lowest BCUT2D eigenvalue weighted by Gasteiger charge is -2.37. The number of nitrogens with zero attached hydrogens (tertiary/aromatic N) is 2. The van der Waals surface area contributed by atoms with E-state index >= 15 is 0 Å². The van der Waals surface area contributed by atoms with Gasteiger partial charge < -0.3 is 25.0 Å². The maximum absolute atomic E-state index is 12.3. The number of benzene rings is 1. The maximum atomic E-state index is 12.3. The van der Waals surface area contributed by atoms with Crippen molar-refractivity contribution in [2.75, 3.05) is 45.2 Å². The van der Waals surface area contributed by atoms with Gasteiger partial charge >= 0.3 is 0 Å². The number of ether oxygens (including phenoxy) is 2. The van der Waals surface area contributed by atoms with Gasteiger partial charge in [-0.15, -0.1) is 24.0 Å². The lowest BCUT2D eigenvalue weighted by atomic mass is 10.1. The molecule has 3 rings (SSSR count). The Morgan fingerprint density at radius 2 is 2.11 bits per heavy atom. The van der Waals surface area contributed by atoms with Crippen molar-refractivity contribution in [1.82, 2.24) is 10.2 Å². The Hall–Kier alpha value is -0.910. The van der Waals surface area contributed by atoms with E-state index in [2.05, 4.69) is 36.5 Å². The zero-order valence-corrected chi connectivity index (χ0v) is 20.2. The van der Waals surface area contributed by atoms with Crippen molar-refractivity contribution in [3.8, 4) is 0 Å². The minimum Gasteiger partial charge on any atom is -0.375 e. The number of carbonyl (C=O) groups is 1. The normalized spacial score (nSPS) is 22.5. The Morgan fingerprint density at radius 1 is 1.32 bits per heavy atom. The van der Waals surface area contributed by atoms with Gasteiger partial charge in [-0.1, -0.05) is 22.0 Å². The topological polar surface area (TPSA) is 75.2 Å². The summed E-state index contributed by atoms with van der Waals surface area (Å²) in [5.74, 6) is 0.601. The van der Waals surface area contributed by atoms with Crippen molar-refractivity contribution in [2.45, 2.75) is 32.0 Å². The quantitative estimate of drug-likeness (QED) is 0.333. The number of amides is 1. The number of aryl methyl sites for hydroxylation is 1. The minimum atomic E-state index is -0.110. The molecule has 28 heavy (non-hydrogen) atoms. The second kappa shape index (κ2) is 11.3. The predicted molar refractivity (Wildman–Crippen MR) is 125 cm³/mol. The average Bonchev–Trinajstić information content (AvgIpc) is 3.20. The number of morpholine rings is 1. The zero-order valence-electron chi connectivity index (χ0n) is 16.2. The number of nitrogens with one attached hydrogen (secondary N) is 2. The molecule has 2 fully saturated rings. The van der Waals surface area contributed by atoms with Crippen LogP contribution >= 0.6 is 39.9 Å². The number of aliphatic imine (C=N–C) groups is 1. The van der Waals surface area contributed by atoms with Gasteiger partial charge in [0, 0.05) is 36.9 Å². The monoisotopic (exact) mass is 566 g/mol. The number of anilines is 1. The van der Waals surface area contributed by atoms with Crippen LogP contribution in [0.25, 0.3) is 0 Å². The number of halogens is 2. The number of carbonyl (C=O) groups excluding carboxylic acids is 1. The molecule has 2 aliphatic heterocycles. The van der Waals surface area contributed by atoms with Gasteiger partial charge in [0.25, 0.3) is 0 Å². The van der Waals surface area contributed by atoms with Crippen LogP contribution in [0.2, 0.25) is 0 Å². The van der Waals surface area contributed by atoms with Crippen molar-refractivity contribution in [3.63, 3.8) is 0 Å². The highest BCUT2D eigenvalue weighted by atomic mass is 127. The molecule has 2 unspecified atom stereocenters. The summed E-state index contributed by atoms with van der Waals surface area (Å²) in [4.78, 5) is 18.8. The first kappa shape index (κ1) is 23.4. The maximum Gasteiger partial charge on any atom is 0.243 e. The van der Waals surface area contributed by atoms with Gasteiger partial charge in [-0.05, 0) is 37.5 Å². The van der Waals surface area contributed by atoms with Crippen molar-refractivity contribution < 1.29 is 14.3 Å². The summed E-state index contributed by atoms with van der Waals surface area (Å²) in [5, 5.41) is 6.10. The van der Waals surface area contributed by atoms with E-state index in [4.69, 9.17) is 9.47 Å². The second-order valence-electron chi connectivity index (χ2n) is 6.81. The highest BCUT2D eigenvalue weighted by molar-refractivity contribution is 14.0. The lowest BCUT2D eigenvalue weighted by molar-refractivity contribution is -0.115. The molecule has 2 atom stereocenters. The van der Waals surface area contributed by atoms with Gasteiger partial charge in [0.15, 0.2) is 5.96 Å². The fourth-order valence-electron chi connectivity index (χ4n) is 3.40. The standard InChI is InChI=1S/C19H27BrN4O3.HI/c1-13-5-6-14(20)10-15(13)23-18(25)11-22-19(21-2)24-7-9-27-17(12-24)16-4-3-8-26-16;/h5-6,10,16-17H,3-4,7-9,11-12H2,1-2H3,(H,21,22)(H,23,25);1H. The van der Waals surface area contributed by atoms with Crippen LogP contribution in [0.3, 0.4) is 0 Å². The number of hydrogen-bond donors (Lipinski definition) is 2. The Bertz CT molecular complexity index is 698. The molecule has 7 nitrogen and oxygen atoms in total. The molecule has 2 saturated heterocycles. The van der Waals surface area contributed by atoms with E-state index in [0.717, 1.165) is 48.3 Å². The van der Waals surface area contributed by atoms with Gasteiger partial charge in [0.05, 0.1) is 19.3 Å². The van der Waals surface area contributed by atoms with Crippen molar-refractivity contribution in [1.29, 1.82) is 0 Å². The first-order valence-corrected chi connectivity index (χ1v) is 10.1. The first-order valence-electron chi connectivity index (χ1n) is 9.31. The number of hydrogen-bond acceptors (Lipinski definition) is 4. The largest absolute Gasteiger partial charge is 0.375 e. The SMILES string of the molecule is CN=C(NCC(=O)Nc1cc(Br)ccc1C)N1CCOC(C2CCCO2)C1.I. The van der Waals surface area contributed by atoms with Gasteiger partial charge in [0.2, 0.25) is 5.91 Å². The summed E-state index contributed by atoms with van der Waals surface area (Å²) in [6.45, 7) is 5.03. The van der Waals surface area contributed by atoms with Gasteiger partial charge in [0.1, 0.15) is 6.10 Å². The third kappa shape index (κ3) is 6.30. The van der Waals surface area contributed by atoms with E-state index < -0.39 is 0 Å². The van der Waals surface area contributed by atoms with Crippen LogP contribution in [0.1, 0.15) is 18.4 Å². The van der Waals surface area contributed by atoms with E-state index in [0.29, 0.717) is 12.6 Å².